The molecule has 0 radical (unpaired) electrons. The Morgan fingerprint density at radius 2 is 1.96 bits per heavy atom. The lowest BCUT2D eigenvalue weighted by Gasteiger charge is -2.36. The zero-order chi connectivity index (χ0) is 18.1. The number of hydrogen-bond donors (Lipinski definition) is 1. The summed E-state index contributed by atoms with van der Waals surface area (Å²) in [6.07, 6.45) is 3.25. The second kappa shape index (κ2) is 7.06. The molecule has 2 bridgehead atoms. The van der Waals surface area contributed by atoms with Crippen molar-refractivity contribution in [2.24, 2.45) is 5.92 Å². The summed E-state index contributed by atoms with van der Waals surface area (Å²) in [4.78, 5) is 30.7. The van der Waals surface area contributed by atoms with Crippen LogP contribution in [0.25, 0.3) is 0 Å². The van der Waals surface area contributed by atoms with Crippen molar-refractivity contribution < 1.29 is 9.59 Å². The minimum Gasteiger partial charge on any atom is -0.338 e. The van der Waals surface area contributed by atoms with Crippen LogP contribution < -0.4 is 0 Å². The summed E-state index contributed by atoms with van der Waals surface area (Å²) in [6, 6.07) is 0.200. The third-order valence-electron chi connectivity index (χ3n) is 5.62. The molecule has 3 aliphatic heterocycles. The quantitative estimate of drug-likeness (QED) is 0.902. The van der Waals surface area contributed by atoms with Crippen LogP contribution in [-0.4, -0.2) is 76.6 Å². The van der Waals surface area contributed by atoms with Gasteiger partial charge in [0.15, 0.2) is 0 Å². The molecule has 0 saturated carbocycles. The second-order valence-corrected chi connectivity index (χ2v) is 7.65. The highest BCUT2D eigenvalue weighted by Gasteiger charge is 2.38. The van der Waals surface area contributed by atoms with Crippen molar-refractivity contribution in [1.29, 1.82) is 0 Å². The number of aromatic nitrogens is 2. The fourth-order valence-electron chi connectivity index (χ4n) is 3.97. The molecule has 1 N–H and O–H groups in total. The summed E-state index contributed by atoms with van der Waals surface area (Å²) in [7, 11) is 3.57. The van der Waals surface area contributed by atoms with Gasteiger partial charge in [0.05, 0.1) is 5.69 Å². The first-order valence-electron chi connectivity index (χ1n) is 9.13. The average Bonchev–Trinajstić information content (AvgIpc) is 2.78. The van der Waals surface area contributed by atoms with E-state index < -0.39 is 0 Å². The molecule has 138 valence electrons. The standard InChI is InChI=1S/C18H29N5O2/c1-12-13(2)19-20-16(12)7-8-17(24)23-10-14-5-6-15(23)11-22(9-14)18(25)21(3)4/h14-15H,5-11H2,1-4H3,(H,19,20)/t14-,15+/m0/s1. The van der Waals surface area contributed by atoms with Crippen LogP contribution in [0.3, 0.4) is 0 Å². The normalized spacial score (nSPS) is 22.9. The van der Waals surface area contributed by atoms with Crippen LogP contribution in [0.5, 0.6) is 0 Å². The molecule has 2 atom stereocenters. The molecule has 3 aliphatic rings. The Bertz CT molecular complexity index is 654. The number of fused-ring (bicyclic) bond motifs is 4. The van der Waals surface area contributed by atoms with E-state index in [4.69, 9.17) is 0 Å². The number of piperidine rings is 1. The van der Waals surface area contributed by atoms with Gasteiger partial charge in [-0.15, -0.1) is 0 Å². The monoisotopic (exact) mass is 347 g/mol. The Morgan fingerprint density at radius 3 is 2.60 bits per heavy atom. The maximum absolute atomic E-state index is 12.8. The maximum Gasteiger partial charge on any atom is 0.319 e. The first-order chi connectivity index (χ1) is 11.9. The van der Waals surface area contributed by atoms with E-state index in [1.54, 1.807) is 19.0 Å². The number of nitrogens with one attached hydrogen (secondary N) is 1. The molecule has 0 spiro atoms. The second-order valence-electron chi connectivity index (χ2n) is 7.65. The van der Waals surface area contributed by atoms with E-state index in [1.165, 1.54) is 0 Å². The van der Waals surface area contributed by atoms with Crippen LogP contribution in [0.2, 0.25) is 0 Å². The van der Waals surface area contributed by atoms with Crippen molar-refractivity contribution in [3.8, 4) is 0 Å². The molecular weight excluding hydrogens is 318 g/mol. The Labute approximate surface area is 149 Å². The fraction of sp³-hybridized carbons (Fsp3) is 0.722. The van der Waals surface area contributed by atoms with Gasteiger partial charge in [0, 0.05) is 58.3 Å². The summed E-state index contributed by atoms with van der Waals surface area (Å²) in [5.41, 5.74) is 3.19. The van der Waals surface area contributed by atoms with E-state index in [9.17, 15) is 9.59 Å². The van der Waals surface area contributed by atoms with Gasteiger partial charge < -0.3 is 14.7 Å². The molecule has 3 saturated heterocycles. The van der Waals surface area contributed by atoms with Gasteiger partial charge >= 0.3 is 6.03 Å². The number of urea groups is 1. The number of carbonyl (C=O) groups excluding carboxylic acids is 2. The van der Waals surface area contributed by atoms with E-state index in [0.717, 1.165) is 42.9 Å². The van der Waals surface area contributed by atoms with Gasteiger partial charge in [-0.25, -0.2) is 4.79 Å². The predicted molar refractivity (Wildman–Crippen MR) is 95.3 cm³/mol. The minimum absolute atomic E-state index is 0.0498. The third kappa shape index (κ3) is 3.65. The number of rotatable bonds is 3. The van der Waals surface area contributed by atoms with E-state index in [-0.39, 0.29) is 18.0 Å². The fourth-order valence-corrected chi connectivity index (χ4v) is 3.97. The Kier molecular flexibility index (Phi) is 5.01. The smallest absolute Gasteiger partial charge is 0.319 e. The van der Waals surface area contributed by atoms with Crippen molar-refractivity contribution in [3.63, 3.8) is 0 Å². The van der Waals surface area contributed by atoms with Crippen LogP contribution in [0, 0.1) is 19.8 Å². The first kappa shape index (κ1) is 17.8. The van der Waals surface area contributed by atoms with Crippen LogP contribution >= 0.6 is 0 Å². The zero-order valence-corrected chi connectivity index (χ0v) is 15.7. The van der Waals surface area contributed by atoms with Gasteiger partial charge in [0.1, 0.15) is 0 Å². The lowest BCUT2D eigenvalue weighted by Crippen LogP contribution is -2.48. The number of carbonyl (C=O) groups is 2. The number of hydrogen-bond acceptors (Lipinski definition) is 3. The number of aromatic amines is 1. The molecule has 3 amide bonds. The zero-order valence-electron chi connectivity index (χ0n) is 15.7. The van der Waals surface area contributed by atoms with Gasteiger partial charge in [-0.2, -0.15) is 5.10 Å². The van der Waals surface area contributed by atoms with Crippen LogP contribution in [0.1, 0.15) is 36.2 Å². The molecule has 0 aliphatic carbocycles. The number of amides is 3. The number of aryl methyl sites for hydroxylation is 2. The molecule has 7 nitrogen and oxygen atoms in total. The molecule has 1 aromatic rings. The molecule has 0 unspecified atom stereocenters. The summed E-state index contributed by atoms with van der Waals surface area (Å²) in [5, 5.41) is 7.28. The molecule has 1 aromatic heterocycles. The molecule has 4 heterocycles. The largest absolute Gasteiger partial charge is 0.338 e. The van der Waals surface area contributed by atoms with Crippen molar-refractivity contribution in [1.82, 2.24) is 24.9 Å². The lowest BCUT2D eigenvalue weighted by atomic mass is 9.94. The highest BCUT2D eigenvalue weighted by Crippen LogP contribution is 2.29. The molecular formula is C18H29N5O2. The van der Waals surface area contributed by atoms with Crippen LogP contribution in [0.4, 0.5) is 4.79 Å². The van der Waals surface area contributed by atoms with E-state index in [2.05, 4.69) is 10.2 Å². The highest BCUT2D eigenvalue weighted by molar-refractivity contribution is 5.78. The Balaban J connectivity index is 1.63. The van der Waals surface area contributed by atoms with Gasteiger partial charge in [-0.1, -0.05) is 0 Å². The first-order valence-corrected chi connectivity index (χ1v) is 9.13. The van der Waals surface area contributed by atoms with Crippen molar-refractivity contribution in [2.75, 3.05) is 33.7 Å². The molecule has 3 fully saturated rings. The minimum atomic E-state index is 0.0498. The van der Waals surface area contributed by atoms with Crippen molar-refractivity contribution in [2.45, 2.75) is 45.6 Å². The topological polar surface area (TPSA) is 72.5 Å². The van der Waals surface area contributed by atoms with Gasteiger partial charge in [0.25, 0.3) is 0 Å². The van der Waals surface area contributed by atoms with Crippen molar-refractivity contribution in [3.05, 3.63) is 17.0 Å². The summed E-state index contributed by atoms with van der Waals surface area (Å²) in [6.45, 7) is 6.23. The molecule has 4 rings (SSSR count). The number of nitrogens with zero attached hydrogens (tertiary/aromatic N) is 4. The summed E-state index contributed by atoms with van der Waals surface area (Å²) in [5.74, 6) is 0.579. The predicted octanol–water partition coefficient (Wildman–Crippen LogP) is 1.56. The van der Waals surface area contributed by atoms with Crippen molar-refractivity contribution >= 4 is 11.9 Å². The van der Waals surface area contributed by atoms with E-state index >= 15 is 0 Å². The van der Waals surface area contributed by atoms with E-state index in [1.807, 2.05) is 23.6 Å². The van der Waals surface area contributed by atoms with Crippen LogP contribution in [0.15, 0.2) is 0 Å². The summed E-state index contributed by atoms with van der Waals surface area (Å²) >= 11 is 0. The Hall–Kier alpha value is -2.05. The summed E-state index contributed by atoms with van der Waals surface area (Å²) < 4.78 is 0. The number of H-pyrrole nitrogens is 1. The highest BCUT2D eigenvalue weighted by atomic mass is 16.2. The molecule has 0 aromatic carbocycles. The Morgan fingerprint density at radius 1 is 1.20 bits per heavy atom. The SMILES string of the molecule is Cc1[nH]nc(CCC(=O)N2C[C@H]3CC[C@@H]2CN(C(=O)N(C)C)C3)c1C. The maximum atomic E-state index is 12.8. The third-order valence-corrected chi connectivity index (χ3v) is 5.62. The van der Waals surface area contributed by atoms with Gasteiger partial charge in [0.2, 0.25) is 5.91 Å². The lowest BCUT2D eigenvalue weighted by molar-refractivity contribution is -0.135. The molecule has 7 heteroatoms. The van der Waals surface area contributed by atoms with Gasteiger partial charge in [-0.05, 0) is 38.2 Å². The van der Waals surface area contributed by atoms with Gasteiger partial charge in [-0.3, -0.25) is 9.89 Å². The average molecular weight is 347 g/mol. The molecule has 25 heavy (non-hydrogen) atoms. The van der Waals surface area contributed by atoms with Crippen LogP contribution in [-0.2, 0) is 11.2 Å². The van der Waals surface area contributed by atoms with E-state index in [0.29, 0.717) is 25.3 Å².